The van der Waals surface area contributed by atoms with E-state index in [9.17, 15) is 9.59 Å². The van der Waals surface area contributed by atoms with Crippen LogP contribution in [-0.4, -0.2) is 46.5 Å². The molecule has 11 heteroatoms. The van der Waals surface area contributed by atoms with E-state index in [-0.39, 0.29) is 16.9 Å². The molecule has 5 N–H and O–H groups in total. The number of para-hydroxylation sites is 2. The summed E-state index contributed by atoms with van der Waals surface area (Å²) in [5.41, 5.74) is 3.56. The molecule has 0 saturated heterocycles. The topological polar surface area (TPSA) is 163 Å². The Balaban J connectivity index is 0.00000189. The summed E-state index contributed by atoms with van der Waals surface area (Å²) < 4.78 is 1.93. The second-order valence-electron chi connectivity index (χ2n) is 8.63. The maximum Gasteiger partial charge on any atom is 0.261 e. The lowest BCUT2D eigenvalue weighted by atomic mass is 9.93. The van der Waals surface area contributed by atoms with Gasteiger partial charge in [-0.1, -0.05) is 55.5 Å². The average Bonchev–Trinajstić information content (AvgIpc) is 3.54. The van der Waals surface area contributed by atoms with E-state index in [1.807, 2.05) is 73.1 Å². The molecule has 0 aliphatic carbocycles. The van der Waals surface area contributed by atoms with Crippen molar-refractivity contribution in [2.24, 2.45) is 21.2 Å². The molecule has 0 fully saturated rings. The third kappa shape index (κ3) is 6.09. The van der Waals surface area contributed by atoms with Crippen molar-refractivity contribution >= 4 is 46.0 Å². The van der Waals surface area contributed by atoms with Crippen molar-refractivity contribution in [3.63, 3.8) is 0 Å². The molecule has 4 aromatic rings. The number of nitrogens with one attached hydrogen (secondary N) is 3. The van der Waals surface area contributed by atoms with E-state index in [1.54, 1.807) is 24.5 Å². The van der Waals surface area contributed by atoms with Crippen LogP contribution in [0, 0.1) is 5.41 Å². The van der Waals surface area contributed by atoms with Crippen LogP contribution in [0.1, 0.15) is 31.4 Å². The van der Waals surface area contributed by atoms with Gasteiger partial charge in [0.2, 0.25) is 0 Å². The van der Waals surface area contributed by atoms with Crippen molar-refractivity contribution in [2.45, 2.75) is 20.3 Å². The molecule has 2 amide bonds. The van der Waals surface area contributed by atoms with Gasteiger partial charge in [0.15, 0.2) is 0 Å². The number of anilines is 1. The second-order valence-corrected chi connectivity index (χ2v) is 8.63. The fraction of sp³-hybridized carbons (Fsp3) is 0.167. The Morgan fingerprint density at radius 1 is 1.07 bits per heavy atom. The first-order chi connectivity index (χ1) is 20.1. The fourth-order valence-electron chi connectivity index (χ4n) is 4.55. The highest BCUT2D eigenvalue weighted by atomic mass is 16.2. The summed E-state index contributed by atoms with van der Waals surface area (Å²) in [4.78, 5) is 34.5. The molecule has 208 valence electrons. The van der Waals surface area contributed by atoms with E-state index in [2.05, 4.69) is 30.9 Å². The number of pyridine rings is 1. The van der Waals surface area contributed by atoms with Gasteiger partial charge in [0, 0.05) is 47.7 Å². The lowest BCUT2D eigenvalue weighted by molar-refractivity contribution is -0.123. The summed E-state index contributed by atoms with van der Waals surface area (Å²) in [5.74, 6) is 3.80. The van der Waals surface area contributed by atoms with Crippen LogP contribution in [0.5, 0.6) is 0 Å². The molecule has 0 spiro atoms. The molecule has 1 aliphatic heterocycles. The Morgan fingerprint density at radius 2 is 1.85 bits per heavy atom. The molecular formula is C30H31N9O2. The van der Waals surface area contributed by atoms with E-state index in [0.29, 0.717) is 36.3 Å². The molecule has 2 aromatic carbocycles. The van der Waals surface area contributed by atoms with Crippen molar-refractivity contribution in [1.82, 2.24) is 14.9 Å². The zero-order valence-corrected chi connectivity index (χ0v) is 22.8. The van der Waals surface area contributed by atoms with Crippen LogP contribution in [-0.2, 0) is 9.59 Å². The number of benzene rings is 2. The fourth-order valence-corrected chi connectivity index (χ4v) is 4.55. The van der Waals surface area contributed by atoms with Crippen LogP contribution >= 0.6 is 0 Å². The highest BCUT2D eigenvalue weighted by Crippen LogP contribution is 2.35. The average molecular weight is 550 g/mol. The van der Waals surface area contributed by atoms with Gasteiger partial charge in [0.25, 0.3) is 11.8 Å². The standard InChI is InChI=1S/C28H25N9O2.C2H6/c29-26(20-9-1-3-10-22(20)33-14-6-13-32-17-34-36-30)25-24(27(38)35-28(25)39)21-16-37(18-7-5-12-31-15-18)23-11-4-2-8-19(21)23;1-2/h1-5,7-12,15-17,29,33H,6,13-14H2,(H2,30,32,34)(H,35,38,39);1-2H3. The molecule has 1 aliphatic rings. The maximum absolute atomic E-state index is 13.2. The normalized spacial score (nSPS) is 13.1. The molecule has 0 unspecified atom stereocenters. The van der Waals surface area contributed by atoms with E-state index in [4.69, 9.17) is 11.3 Å². The number of hydrogen-bond donors (Lipinski definition) is 4. The molecule has 0 atom stereocenters. The number of nitrogens with zero attached hydrogens (tertiary/aromatic N) is 5. The van der Waals surface area contributed by atoms with Crippen molar-refractivity contribution in [3.05, 3.63) is 96.0 Å². The number of carbonyl (C=O) groups excluding carboxylic acids is 2. The number of aliphatic imine (C=N–C) groups is 1. The first-order valence-corrected chi connectivity index (χ1v) is 13.2. The number of hydrogen-bond acceptors (Lipinski definition) is 7. The van der Waals surface area contributed by atoms with Crippen molar-refractivity contribution in [3.8, 4) is 5.69 Å². The summed E-state index contributed by atoms with van der Waals surface area (Å²) in [6.07, 6.45) is 7.21. The van der Waals surface area contributed by atoms with Gasteiger partial charge in [0.05, 0.1) is 34.3 Å². The minimum absolute atomic E-state index is 0.0279. The summed E-state index contributed by atoms with van der Waals surface area (Å²) in [7, 11) is 0. The van der Waals surface area contributed by atoms with Crippen molar-refractivity contribution in [2.75, 3.05) is 18.4 Å². The number of rotatable bonds is 10. The Hall–Kier alpha value is -5.45. The van der Waals surface area contributed by atoms with Crippen LogP contribution in [0.2, 0.25) is 0 Å². The first-order valence-electron chi connectivity index (χ1n) is 13.2. The molecule has 41 heavy (non-hydrogen) atoms. The Kier molecular flexibility index (Phi) is 9.45. The summed E-state index contributed by atoms with van der Waals surface area (Å²) in [6, 6.07) is 18.6. The highest BCUT2D eigenvalue weighted by molar-refractivity contribution is 6.48. The molecular weight excluding hydrogens is 518 g/mol. The molecule has 3 heterocycles. The maximum atomic E-state index is 13.2. The molecule has 11 nitrogen and oxygen atoms in total. The number of carbonyl (C=O) groups is 2. The molecule has 5 rings (SSSR count). The van der Waals surface area contributed by atoms with Gasteiger partial charge >= 0.3 is 0 Å². The predicted octanol–water partition coefficient (Wildman–Crippen LogP) is 4.69. The largest absolute Gasteiger partial charge is 0.384 e. The Bertz CT molecular complexity index is 1650. The van der Waals surface area contributed by atoms with E-state index >= 15 is 0 Å². The van der Waals surface area contributed by atoms with Crippen molar-refractivity contribution < 1.29 is 9.59 Å². The van der Waals surface area contributed by atoms with Crippen LogP contribution in [0.15, 0.2) is 100 Å². The Labute approximate surface area is 237 Å². The lowest BCUT2D eigenvalue weighted by Gasteiger charge is -2.13. The van der Waals surface area contributed by atoms with Gasteiger partial charge in [-0.15, -0.1) is 5.11 Å². The van der Waals surface area contributed by atoms with Gasteiger partial charge in [-0.05, 0) is 30.7 Å². The summed E-state index contributed by atoms with van der Waals surface area (Å²) >= 11 is 0. The minimum atomic E-state index is -0.601. The minimum Gasteiger partial charge on any atom is -0.384 e. The summed E-state index contributed by atoms with van der Waals surface area (Å²) in [6.45, 7) is 5.08. The SMILES string of the molecule is CC.N=C(C1=C(c2cn(-c3cccnc3)c3ccccc23)C(=O)NC1=O)c1ccccc1NCCCN=CN=NN. The number of amides is 2. The zero-order chi connectivity index (χ0) is 29.2. The van der Waals surface area contributed by atoms with E-state index < -0.39 is 11.8 Å². The van der Waals surface area contributed by atoms with Crippen LogP contribution in [0.3, 0.4) is 0 Å². The van der Waals surface area contributed by atoms with Crippen LogP contribution in [0.4, 0.5) is 5.69 Å². The number of nitrogens with two attached hydrogens (primary N) is 1. The van der Waals surface area contributed by atoms with Gasteiger partial charge in [0.1, 0.15) is 6.34 Å². The van der Waals surface area contributed by atoms with Crippen molar-refractivity contribution in [1.29, 1.82) is 5.41 Å². The van der Waals surface area contributed by atoms with E-state index in [1.165, 1.54) is 6.34 Å². The summed E-state index contributed by atoms with van der Waals surface area (Å²) in [5, 5.41) is 22.1. The second kappa shape index (κ2) is 13.6. The third-order valence-electron chi connectivity index (χ3n) is 6.26. The number of fused-ring (bicyclic) bond motifs is 1. The smallest absolute Gasteiger partial charge is 0.261 e. The van der Waals surface area contributed by atoms with E-state index in [0.717, 1.165) is 16.6 Å². The third-order valence-corrected chi connectivity index (χ3v) is 6.26. The van der Waals surface area contributed by atoms with Crippen LogP contribution in [0.25, 0.3) is 22.2 Å². The zero-order valence-electron chi connectivity index (χ0n) is 22.8. The number of imide groups is 1. The highest BCUT2D eigenvalue weighted by Gasteiger charge is 2.36. The van der Waals surface area contributed by atoms with Gasteiger partial charge in [-0.2, -0.15) is 0 Å². The molecule has 0 saturated carbocycles. The number of aromatic nitrogens is 2. The quantitative estimate of drug-likeness (QED) is 0.0428. The van der Waals surface area contributed by atoms with Gasteiger partial charge in [-0.3, -0.25) is 30.3 Å². The molecule has 0 radical (unpaired) electrons. The predicted molar refractivity (Wildman–Crippen MR) is 161 cm³/mol. The molecule has 0 bridgehead atoms. The van der Waals surface area contributed by atoms with Gasteiger partial charge in [-0.25, -0.2) is 0 Å². The van der Waals surface area contributed by atoms with Crippen LogP contribution < -0.4 is 16.5 Å². The lowest BCUT2D eigenvalue weighted by Crippen LogP contribution is -2.25. The first kappa shape index (κ1) is 28.6. The molecule has 2 aromatic heterocycles. The Morgan fingerprint density at radius 3 is 2.63 bits per heavy atom. The van der Waals surface area contributed by atoms with Gasteiger partial charge < -0.3 is 15.7 Å². The monoisotopic (exact) mass is 549 g/mol.